The first-order chi connectivity index (χ1) is 15.3. The minimum atomic E-state index is -0.346. The minimum Gasteiger partial charge on any atom is -0.372 e. The summed E-state index contributed by atoms with van der Waals surface area (Å²) in [5.74, 6) is -0.164. The molecule has 1 amide bonds. The molecule has 1 aliphatic heterocycles. The van der Waals surface area contributed by atoms with Gasteiger partial charge in [0.15, 0.2) is 10.9 Å². The Balaban J connectivity index is 1.68. The molecule has 2 aromatic heterocycles. The number of halogens is 1. The smallest absolute Gasteiger partial charge is 0.276 e. The van der Waals surface area contributed by atoms with Gasteiger partial charge in [0.2, 0.25) is 0 Å². The molecule has 1 fully saturated rings. The second-order valence-corrected chi connectivity index (χ2v) is 8.90. The van der Waals surface area contributed by atoms with Gasteiger partial charge in [0.25, 0.3) is 5.91 Å². The van der Waals surface area contributed by atoms with Gasteiger partial charge in [-0.15, -0.1) is 5.10 Å². The zero-order valence-electron chi connectivity index (χ0n) is 18.4. The molecule has 1 aliphatic rings. The van der Waals surface area contributed by atoms with E-state index in [-0.39, 0.29) is 29.6 Å². The van der Waals surface area contributed by atoms with Gasteiger partial charge in [0.05, 0.1) is 23.6 Å². The number of morpholine rings is 1. The summed E-state index contributed by atoms with van der Waals surface area (Å²) in [5.41, 5.74) is 3.25. The fraction of sp³-hybridized carbons (Fsp3) is 0.409. The second-order valence-electron chi connectivity index (χ2n) is 7.96. The van der Waals surface area contributed by atoms with Gasteiger partial charge in [0.1, 0.15) is 5.82 Å². The Morgan fingerprint density at radius 1 is 1.12 bits per heavy atom. The molecular formula is C22H25FN6O2S. The number of nitrogens with zero attached hydrogens (tertiary/aromatic N) is 6. The highest BCUT2D eigenvalue weighted by Gasteiger charge is 2.31. The van der Waals surface area contributed by atoms with Gasteiger partial charge < -0.3 is 9.64 Å². The Labute approximate surface area is 190 Å². The first kappa shape index (κ1) is 22.3. The predicted octanol–water partition coefficient (Wildman–Crippen LogP) is 3.35. The van der Waals surface area contributed by atoms with Gasteiger partial charge in [-0.25, -0.2) is 19.0 Å². The zero-order chi connectivity index (χ0) is 22.8. The van der Waals surface area contributed by atoms with Crippen molar-refractivity contribution in [3.63, 3.8) is 0 Å². The van der Waals surface area contributed by atoms with E-state index in [1.165, 1.54) is 23.9 Å². The van der Waals surface area contributed by atoms with Gasteiger partial charge >= 0.3 is 0 Å². The molecule has 10 heteroatoms. The van der Waals surface area contributed by atoms with Crippen molar-refractivity contribution in [1.82, 2.24) is 29.9 Å². The molecule has 0 aliphatic carbocycles. The Bertz CT molecular complexity index is 1090. The van der Waals surface area contributed by atoms with Crippen LogP contribution in [0.25, 0.3) is 5.69 Å². The van der Waals surface area contributed by atoms with Crippen molar-refractivity contribution < 1.29 is 13.9 Å². The van der Waals surface area contributed by atoms with Crippen LogP contribution in [-0.4, -0.2) is 61.1 Å². The number of amides is 1. The molecule has 3 aromatic rings. The molecule has 1 saturated heterocycles. The Hall–Kier alpha value is -2.85. The summed E-state index contributed by atoms with van der Waals surface area (Å²) in [4.78, 5) is 24.1. The van der Waals surface area contributed by atoms with Crippen LogP contribution in [0.1, 0.15) is 41.4 Å². The number of thioether (sulfide) groups is 1. The van der Waals surface area contributed by atoms with Crippen LogP contribution in [0.4, 0.5) is 4.39 Å². The van der Waals surface area contributed by atoms with Crippen LogP contribution in [-0.2, 0) is 10.5 Å². The van der Waals surface area contributed by atoms with Crippen LogP contribution in [0.2, 0.25) is 0 Å². The SMILES string of the molecule is Cc1cc(C)nc(SCc2c(C(=O)N3CC(C)OC(C)C3)nnn2-c2ccc(F)cc2)n1. The summed E-state index contributed by atoms with van der Waals surface area (Å²) in [6.07, 6.45) is -0.118. The van der Waals surface area contributed by atoms with Crippen molar-refractivity contribution >= 4 is 17.7 Å². The molecule has 4 rings (SSSR count). The number of hydrogen-bond acceptors (Lipinski definition) is 7. The van der Waals surface area contributed by atoms with Crippen molar-refractivity contribution in [3.8, 4) is 5.69 Å². The largest absolute Gasteiger partial charge is 0.372 e. The third-order valence-electron chi connectivity index (χ3n) is 5.04. The highest BCUT2D eigenvalue weighted by atomic mass is 32.2. The number of hydrogen-bond donors (Lipinski definition) is 0. The maximum atomic E-state index is 13.5. The molecule has 3 heterocycles. The van der Waals surface area contributed by atoms with Gasteiger partial charge in [-0.2, -0.15) is 0 Å². The van der Waals surface area contributed by atoms with Gasteiger partial charge in [-0.3, -0.25) is 4.79 Å². The lowest BCUT2D eigenvalue weighted by atomic mass is 10.2. The molecule has 0 saturated carbocycles. The van der Waals surface area contributed by atoms with Crippen LogP contribution in [0.15, 0.2) is 35.5 Å². The summed E-state index contributed by atoms with van der Waals surface area (Å²) in [6.45, 7) is 8.69. The number of ether oxygens (including phenoxy) is 1. The third-order valence-corrected chi connectivity index (χ3v) is 5.90. The first-order valence-corrected chi connectivity index (χ1v) is 11.4. The van der Waals surface area contributed by atoms with Crippen LogP contribution in [0.3, 0.4) is 0 Å². The maximum Gasteiger partial charge on any atom is 0.276 e. The van der Waals surface area contributed by atoms with E-state index >= 15 is 0 Å². The number of rotatable bonds is 5. The summed E-state index contributed by atoms with van der Waals surface area (Å²) >= 11 is 1.41. The Morgan fingerprint density at radius 2 is 1.75 bits per heavy atom. The molecule has 8 nitrogen and oxygen atoms in total. The number of aromatic nitrogens is 5. The topological polar surface area (TPSA) is 86.0 Å². The molecule has 0 N–H and O–H groups in total. The van der Waals surface area contributed by atoms with E-state index in [1.54, 1.807) is 21.7 Å². The van der Waals surface area contributed by atoms with Crippen LogP contribution >= 0.6 is 11.8 Å². The fourth-order valence-corrected chi connectivity index (χ4v) is 4.71. The van der Waals surface area contributed by atoms with E-state index < -0.39 is 0 Å². The van der Waals surface area contributed by atoms with Gasteiger partial charge in [0, 0.05) is 30.2 Å². The lowest BCUT2D eigenvalue weighted by Crippen LogP contribution is -2.48. The minimum absolute atomic E-state index is 0.0589. The van der Waals surface area contributed by atoms with Crippen molar-refractivity contribution in [1.29, 1.82) is 0 Å². The van der Waals surface area contributed by atoms with Crippen LogP contribution < -0.4 is 0 Å². The van der Waals surface area contributed by atoms with Gasteiger partial charge in [-0.05, 0) is 58.0 Å². The number of benzene rings is 1. The molecular weight excluding hydrogens is 431 g/mol. The van der Waals surface area contributed by atoms with E-state index in [0.717, 1.165) is 11.4 Å². The predicted molar refractivity (Wildman–Crippen MR) is 118 cm³/mol. The number of aryl methyl sites for hydroxylation is 2. The van der Waals surface area contributed by atoms with Crippen LogP contribution in [0.5, 0.6) is 0 Å². The number of carbonyl (C=O) groups is 1. The molecule has 2 unspecified atom stereocenters. The normalized spacial score (nSPS) is 18.7. The molecule has 32 heavy (non-hydrogen) atoms. The first-order valence-electron chi connectivity index (χ1n) is 10.4. The standard InChI is InChI=1S/C22H25FN6O2S/c1-13-9-14(2)25-22(24-13)32-12-19-20(21(30)28-10-15(3)31-16(4)11-28)26-27-29(19)18-7-5-17(23)6-8-18/h5-9,15-16H,10-12H2,1-4H3. The quantitative estimate of drug-likeness (QED) is 0.430. The third kappa shape index (κ3) is 4.97. The average Bonchev–Trinajstić information content (AvgIpc) is 3.14. The highest BCUT2D eigenvalue weighted by Crippen LogP contribution is 2.25. The molecule has 0 spiro atoms. The molecule has 0 radical (unpaired) electrons. The fourth-order valence-electron chi connectivity index (χ4n) is 3.77. The van der Waals surface area contributed by atoms with Crippen LogP contribution in [0, 0.1) is 19.7 Å². The monoisotopic (exact) mass is 456 g/mol. The molecule has 0 bridgehead atoms. The molecule has 1 aromatic carbocycles. The van der Waals surface area contributed by atoms with Crippen molar-refractivity contribution in [2.75, 3.05) is 13.1 Å². The molecule has 168 valence electrons. The lowest BCUT2D eigenvalue weighted by molar-refractivity contribution is -0.0587. The lowest BCUT2D eigenvalue weighted by Gasteiger charge is -2.35. The van der Waals surface area contributed by atoms with E-state index in [0.29, 0.717) is 35.4 Å². The molecule has 2 atom stereocenters. The van der Waals surface area contributed by atoms with Crippen molar-refractivity contribution in [3.05, 3.63) is 58.9 Å². The summed E-state index contributed by atoms with van der Waals surface area (Å²) in [7, 11) is 0. The van der Waals surface area contributed by atoms with E-state index in [1.807, 2.05) is 33.8 Å². The van der Waals surface area contributed by atoms with E-state index in [2.05, 4.69) is 20.3 Å². The van der Waals surface area contributed by atoms with E-state index in [9.17, 15) is 9.18 Å². The second kappa shape index (κ2) is 9.33. The van der Waals surface area contributed by atoms with Crippen molar-refractivity contribution in [2.45, 2.75) is 50.8 Å². The highest BCUT2D eigenvalue weighted by molar-refractivity contribution is 7.98. The number of carbonyl (C=O) groups excluding carboxylic acids is 1. The summed E-state index contributed by atoms with van der Waals surface area (Å²) < 4.78 is 20.8. The average molecular weight is 457 g/mol. The maximum absolute atomic E-state index is 13.5. The van der Waals surface area contributed by atoms with E-state index in [4.69, 9.17) is 4.74 Å². The summed E-state index contributed by atoms with van der Waals surface area (Å²) in [5, 5.41) is 9.06. The Morgan fingerprint density at radius 3 is 2.38 bits per heavy atom. The summed E-state index contributed by atoms with van der Waals surface area (Å²) in [6, 6.07) is 7.84. The van der Waals surface area contributed by atoms with Crippen molar-refractivity contribution in [2.24, 2.45) is 0 Å². The zero-order valence-corrected chi connectivity index (χ0v) is 19.3. The van der Waals surface area contributed by atoms with Gasteiger partial charge in [-0.1, -0.05) is 17.0 Å². The Kier molecular flexibility index (Phi) is 6.52.